The molecule has 2 heterocycles. The predicted molar refractivity (Wildman–Crippen MR) is 104 cm³/mol. The number of carbonyl (C=O) groups excluding carboxylic acids is 1. The Morgan fingerprint density at radius 2 is 1.85 bits per heavy atom. The van der Waals surface area contributed by atoms with Gasteiger partial charge in [-0.3, -0.25) is 9.78 Å². The van der Waals surface area contributed by atoms with Crippen molar-refractivity contribution in [3.05, 3.63) is 58.3 Å². The van der Waals surface area contributed by atoms with Crippen molar-refractivity contribution in [2.45, 2.75) is 17.7 Å². The molecule has 0 spiro atoms. The molecule has 27 heavy (non-hydrogen) atoms. The molecule has 1 aromatic carbocycles. The van der Waals surface area contributed by atoms with Crippen LogP contribution < -0.4 is 0 Å². The van der Waals surface area contributed by atoms with Crippen molar-refractivity contribution in [1.29, 1.82) is 0 Å². The van der Waals surface area contributed by atoms with Gasteiger partial charge in [-0.05, 0) is 36.2 Å². The zero-order valence-corrected chi connectivity index (χ0v) is 16.8. The monoisotopic (exact) mass is 427 g/mol. The van der Waals surface area contributed by atoms with Gasteiger partial charge in [-0.25, -0.2) is 8.42 Å². The van der Waals surface area contributed by atoms with E-state index in [-0.39, 0.29) is 23.9 Å². The quantitative estimate of drug-likeness (QED) is 0.735. The van der Waals surface area contributed by atoms with Gasteiger partial charge < -0.3 is 4.90 Å². The lowest BCUT2D eigenvalue weighted by molar-refractivity contribution is -0.132. The zero-order valence-electron chi connectivity index (χ0n) is 14.5. The van der Waals surface area contributed by atoms with Gasteiger partial charge in [0.05, 0.1) is 0 Å². The van der Waals surface area contributed by atoms with Crippen LogP contribution in [0.3, 0.4) is 0 Å². The summed E-state index contributed by atoms with van der Waals surface area (Å²) in [5.74, 6) is -0.0144. The largest absolute Gasteiger partial charge is 0.340 e. The minimum atomic E-state index is -3.57. The van der Waals surface area contributed by atoms with Crippen LogP contribution in [0.2, 0.25) is 10.0 Å². The third-order valence-corrected chi connectivity index (χ3v) is 6.96. The van der Waals surface area contributed by atoms with E-state index in [0.717, 1.165) is 5.56 Å². The van der Waals surface area contributed by atoms with Crippen molar-refractivity contribution in [2.24, 2.45) is 0 Å². The molecule has 0 atom stereocenters. The Morgan fingerprint density at radius 1 is 1.11 bits per heavy atom. The van der Waals surface area contributed by atoms with E-state index in [0.29, 0.717) is 36.0 Å². The van der Waals surface area contributed by atoms with Gasteiger partial charge in [0.15, 0.2) is 0 Å². The van der Waals surface area contributed by atoms with Crippen LogP contribution >= 0.6 is 23.2 Å². The highest BCUT2D eigenvalue weighted by molar-refractivity contribution is 7.89. The van der Waals surface area contributed by atoms with E-state index >= 15 is 0 Å². The first kappa shape index (κ1) is 20.1. The number of halogens is 2. The van der Waals surface area contributed by atoms with Crippen LogP contribution in [0.15, 0.2) is 47.6 Å². The second kappa shape index (κ2) is 8.56. The van der Waals surface area contributed by atoms with Gasteiger partial charge in [0, 0.05) is 55.0 Å². The Kier molecular flexibility index (Phi) is 6.37. The number of sulfonamides is 1. The molecule has 1 aromatic heterocycles. The highest BCUT2D eigenvalue weighted by Gasteiger charge is 2.30. The molecule has 0 saturated carbocycles. The molecule has 9 heteroatoms. The summed E-state index contributed by atoms with van der Waals surface area (Å²) in [6.07, 6.45) is 3.70. The second-order valence-electron chi connectivity index (χ2n) is 6.21. The summed E-state index contributed by atoms with van der Waals surface area (Å²) in [4.78, 5) is 18.2. The minimum absolute atomic E-state index is 0.0144. The fraction of sp³-hybridized carbons (Fsp3) is 0.333. The Labute approximate surface area is 168 Å². The third-order valence-electron chi connectivity index (χ3n) is 4.49. The van der Waals surface area contributed by atoms with Gasteiger partial charge in [-0.2, -0.15) is 4.31 Å². The fourth-order valence-corrected chi connectivity index (χ4v) is 4.84. The summed E-state index contributed by atoms with van der Waals surface area (Å²) < 4.78 is 26.6. The minimum Gasteiger partial charge on any atom is -0.340 e. The van der Waals surface area contributed by atoms with E-state index < -0.39 is 10.0 Å². The molecule has 3 rings (SSSR count). The molecule has 6 nitrogen and oxygen atoms in total. The van der Waals surface area contributed by atoms with Crippen molar-refractivity contribution >= 4 is 39.1 Å². The molecule has 2 aromatic rings. The lowest BCUT2D eigenvalue weighted by atomic mass is 10.1. The first-order valence-corrected chi connectivity index (χ1v) is 10.7. The second-order valence-corrected chi connectivity index (χ2v) is 8.99. The summed E-state index contributed by atoms with van der Waals surface area (Å²) in [7, 11) is -3.57. The number of rotatable bonds is 5. The summed E-state index contributed by atoms with van der Waals surface area (Å²) in [6.45, 7) is 1.27. The molecule has 1 fully saturated rings. The maximum Gasteiger partial charge on any atom is 0.244 e. The summed E-state index contributed by atoms with van der Waals surface area (Å²) in [5, 5.41) is 1.10. The lowest BCUT2D eigenvalue weighted by Crippen LogP contribution is -2.50. The topological polar surface area (TPSA) is 70.6 Å². The maximum atomic E-state index is 12.6. The van der Waals surface area contributed by atoms with E-state index in [4.69, 9.17) is 23.2 Å². The van der Waals surface area contributed by atoms with E-state index in [9.17, 15) is 13.2 Å². The number of aryl methyl sites for hydroxylation is 1. The molecule has 1 aliphatic rings. The average molecular weight is 428 g/mol. The van der Waals surface area contributed by atoms with Gasteiger partial charge in [-0.1, -0.05) is 29.3 Å². The van der Waals surface area contributed by atoms with Crippen LogP contribution in [0.25, 0.3) is 0 Å². The molecule has 144 valence electrons. The summed E-state index contributed by atoms with van der Waals surface area (Å²) >= 11 is 12.0. The summed E-state index contributed by atoms with van der Waals surface area (Å²) in [6, 6.07) is 8.33. The molecule has 0 unspecified atom stereocenters. The number of hydrogen-bond donors (Lipinski definition) is 0. The molecule has 0 N–H and O–H groups in total. The third kappa shape index (κ3) is 4.79. The zero-order chi connectivity index (χ0) is 19.4. The van der Waals surface area contributed by atoms with Crippen LogP contribution in [0.5, 0.6) is 0 Å². The van der Waals surface area contributed by atoms with Gasteiger partial charge in [0.25, 0.3) is 0 Å². The number of hydrogen-bond acceptors (Lipinski definition) is 4. The van der Waals surface area contributed by atoms with Crippen LogP contribution in [0.1, 0.15) is 12.0 Å². The number of carbonyl (C=O) groups is 1. The maximum absolute atomic E-state index is 12.6. The van der Waals surface area contributed by atoms with Crippen LogP contribution in [0.4, 0.5) is 0 Å². The van der Waals surface area contributed by atoms with E-state index in [1.54, 1.807) is 23.1 Å². The number of benzene rings is 1. The van der Waals surface area contributed by atoms with E-state index in [1.165, 1.54) is 22.8 Å². The van der Waals surface area contributed by atoms with Gasteiger partial charge >= 0.3 is 0 Å². The standard InChI is InChI=1S/C18H19Cl2N3O3S/c19-15-5-3-14(17(20)12-15)4-6-18(24)22-8-10-23(11-9-22)27(25,26)16-2-1-7-21-13-16/h1-3,5,7,12-13H,4,6,8-11H2. The van der Waals surface area contributed by atoms with Crippen molar-refractivity contribution in [2.75, 3.05) is 26.2 Å². The molecule has 0 aliphatic carbocycles. The van der Waals surface area contributed by atoms with Gasteiger partial charge in [0.2, 0.25) is 15.9 Å². The first-order chi connectivity index (χ1) is 12.9. The predicted octanol–water partition coefficient (Wildman–Crippen LogP) is 2.85. The first-order valence-electron chi connectivity index (χ1n) is 8.50. The SMILES string of the molecule is O=C(CCc1ccc(Cl)cc1Cl)N1CCN(S(=O)(=O)c2cccnc2)CC1. The molecule has 0 bridgehead atoms. The van der Waals surface area contributed by atoms with Gasteiger partial charge in [0.1, 0.15) is 4.90 Å². The Hall–Kier alpha value is -1.67. The number of amides is 1. The fourth-order valence-electron chi connectivity index (χ4n) is 2.95. The number of nitrogens with zero attached hydrogens (tertiary/aromatic N) is 3. The highest BCUT2D eigenvalue weighted by atomic mass is 35.5. The molecule has 1 amide bonds. The lowest BCUT2D eigenvalue weighted by Gasteiger charge is -2.34. The Balaban J connectivity index is 1.55. The van der Waals surface area contributed by atoms with Crippen molar-refractivity contribution in [3.63, 3.8) is 0 Å². The molecule has 0 radical (unpaired) electrons. The van der Waals surface area contributed by atoms with E-state index in [1.807, 2.05) is 6.07 Å². The van der Waals surface area contributed by atoms with Crippen LogP contribution in [0, 0.1) is 0 Å². The molecule has 1 saturated heterocycles. The number of pyridine rings is 1. The Bertz CT molecular complexity index is 915. The molecular formula is C18H19Cl2N3O3S. The van der Waals surface area contributed by atoms with Crippen LogP contribution in [-0.4, -0.2) is 54.7 Å². The molecule has 1 aliphatic heterocycles. The average Bonchev–Trinajstić information content (AvgIpc) is 2.68. The van der Waals surface area contributed by atoms with Crippen molar-refractivity contribution in [3.8, 4) is 0 Å². The smallest absolute Gasteiger partial charge is 0.244 e. The van der Waals surface area contributed by atoms with E-state index in [2.05, 4.69) is 4.98 Å². The van der Waals surface area contributed by atoms with Crippen molar-refractivity contribution in [1.82, 2.24) is 14.2 Å². The molecular weight excluding hydrogens is 409 g/mol. The Morgan fingerprint density at radius 3 is 2.48 bits per heavy atom. The highest BCUT2D eigenvalue weighted by Crippen LogP contribution is 2.23. The van der Waals surface area contributed by atoms with Crippen LogP contribution in [-0.2, 0) is 21.2 Å². The van der Waals surface area contributed by atoms with Crippen molar-refractivity contribution < 1.29 is 13.2 Å². The number of piperazine rings is 1. The number of aromatic nitrogens is 1. The summed E-state index contributed by atoms with van der Waals surface area (Å²) in [5.41, 5.74) is 0.868. The van der Waals surface area contributed by atoms with Gasteiger partial charge in [-0.15, -0.1) is 0 Å². The normalized spacial score (nSPS) is 15.7.